The van der Waals surface area contributed by atoms with Crippen LogP contribution >= 0.6 is 23.2 Å². The van der Waals surface area contributed by atoms with Gasteiger partial charge in [0.05, 0.1) is 47.7 Å². The summed E-state index contributed by atoms with van der Waals surface area (Å²) in [7, 11) is 3.33. The summed E-state index contributed by atoms with van der Waals surface area (Å²) in [5.74, 6) is -0.0520. The van der Waals surface area contributed by atoms with E-state index >= 15 is 0 Å². The number of anilines is 2. The van der Waals surface area contributed by atoms with E-state index in [2.05, 4.69) is 30.2 Å². The monoisotopic (exact) mass is 1090 g/mol. The quantitative estimate of drug-likeness (QED) is 0.0620. The number of carbonyl (C=O) groups is 4. The number of amides is 4. The summed E-state index contributed by atoms with van der Waals surface area (Å²) in [6.45, 7) is 12.3. The summed E-state index contributed by atoms with van der Waals surface area (Å²) < 4.78 is 11.1. The standard InChI is InChI=1S/C60H60Cl2N10O6/c1-77-39-7-15-49-47(35-39)55(41-9-5-37(61)33-51(41)65-49)63-17-23-69-29-25-67(26-30-69)19-3-21-71-57(73)43-11-13-45-54-46(14-12-44(53(43)54)58(71)74)60(76)72(59(45)75)22-4-20-68-27-31-70(32-28-68)24-18-64-56-42-10-6-38(62)34-52(42)66-50-16-8-40(78-2)36-48(50)56/h5-16,33-36H,3-4,17-32H2,1-2H3,(H,63,65)(H,64,66). The molecule has 2 N–H and O–H groups in total. The maximum Gasteiger partial charge on any atom is 0.261 e. The van der Waals surface area contributed by atoms with Crippen LogP contribution in [0.15, 0.2) is 97.1 Å². The third-order valence-corrected chi connectivity index (χ3v) is 16.5. The Morgan fingerprint density at radius 3 is 1.14 bits per heavy atom. The van der Waals surface area contributed by atoms with Crippen LogP contribution < -0.4 is 20.1 Å². The second-order valence-corrected chi connectivity index (χ2v) is 21.5. The van der Waals surface area contributed by atoms with Crippen LogP contribution in [0, 0.1) is 0 Å². The Morgan fingerprint density at radius 1 is 0.423 bits per heavy atom. The zero-order chi connectivity index (χ0) is 53.6. The number of hydrogen-bond donors (Lipinski definition) is 2. The summed E-state index contributed by atoms with van der Waals surface area (Å²) in [6.07, 6.45) is 1.25. The molecule has 2 aromatic heterocycles. The molecule has 8 aromatic rings. The van der Waals surface area contributed by atoms with Crippen molar-refractivity contribution >= 4 is 113 Å². The number of hydrogen-bond acceptors (Lipinski definition) is 14. The number of nitrogens with one attached hydrogen (secondary N) is 2. The van der Waals surface area contributed by atoms with E-state index in [1.54, 1.807) is 38.5 Å². The van der Waals surface area contributed by atoms with Crippen LogP contribution in [0.2, 0.25) is 10.0 Å². The first-order chi connectivity index (χ1) is 38.0. The SMILES string of the molecule is COc1ccc2nc3cc(Cl)ccc3c(NCCN3CCN(CCCN4C(=O)c5ccc6c7c(ccc(c57)C4=O)C(=O)N(CCCN4CCN(CCNc5c7ccc(Cl)cc7nc7ccc(OC)cc57)CC4)C6=O)CC3)c2c1. The largest absolute Gasteiger partial charge is 0.497 e. The van der Waals surface area contributed by atoms with Crippen molar-refractivity contribution in [3.8, 4) is 11.5 Å². The number of pyridine rings is 2. The Bertz CT molecular complexity index is 3400. The topological polar surface area (TPSA) is 156 Å². The fourth-order valence-corrected chi connectivity index (χ4v) is 12.2. The van der Waals surface area contributed by atoms with Gasteiger partial charge in [0.25, 0.3) is 23.6 Å². The average Bonchev–Trinajstić information content (AvgIpc) is 3.39. The lowest BCUT2D eigenvalue weighted by Crippen LogP contribution is -2.48. The van der Waals surface area contributed by atoms with E-state index in [0.29, 0.717) is 55.9 Å². The Labute approximate surface area is 461 Å². The lowest BCUT2D eigenvalue weighted by Gasteiger charge is -2.36. The molecule has 2 fully saturated rings. The van der Waals surface area contributed by atoms with E-state index in [9.17, 15) is 19.2 Å². The van der Waals surface area contributed by atoms with E-state index in [4.69, 9.17) is 42.6 Å². The smallest absolute Gasteiger partial charge is 0.261 e. The summed E-state index contributed by atoms with van der Waals surface area (Å²) in [6, 6.07) is 30.0. The number of piperazine rings is 2. The van der Waals surface area contributed by atoms with E-state index in [-0.39, 0.29) is 13.1 Å². The molecule has 0 saturated carbocycles. The highest BCUT2D eigenvalue weighted by atomic mass is 35.5. The third kappa shape index (κ3) is 9.90. The number of rotatable bonds is 18. The molecular weight excluding hydrogens is 1030 g/mol. The van der Waals surface area contributed by atoms with Gasteiger partial charge in [0.15, 0.2) is 0 Å². The molecule has 0 bridgehead atoms. The van der Waals surface area contributed by atoms with E-state index in [0.717, 1.165) is 158 Å². The molecule has 0 atom stereocenters. The minimum absolute atomic E-state index is 0.266. The molecule has 4 amide bonds. The first kappa shape index (κ1) is 51.6. The summed E-state index contributed by atoms with van der Waals surface area (Å²) in [5.41, 5.74) is 6.79. The maximum atomic E-state index is 14.1. The van der Waals surface area contributed by atoms with Gasteiger partial charge in [0.1, 0.15) is 11.5 Å². The number of methoxy groups -OCH3 is 2. The molecule has 0 spiro atoms. The van der Waals surface area contributed by atoms with Crippen molar-refractivity contribution in [1.29, 1.82) is 0 Å². The van der Waals surface area contributed by atoms with Crippen LogP contribution in [0.3, 0.4) is 0 Å². The van der Waals surface area contributed by atoms with Gasteiger partial charge in [0.2, 0.25) is 0 Å². The lowest BCUT2D eigenvalue weighted by atomic mass is 9.86. The molecule has 6 heterocycles. The molecule has 0 radical (unpaired) electrons. The summed E-state index contributed by atoms with van der Waals surface area (Å²) >= 11 is 12.7. The van der Waals surface area contributed by atoms with Crippen LogP contribution in [0.4, 0.5) is 11.4 Å². The van der Waals surface area contributed by atoms with Crippen LogP contribution in [-0.2, 0) is 0 Å². The lowest BCUT2D eigenvalue weighted by molar-refractivity contribution is 0.0576. The van der Waals surface area contributed by atoms with Gasteiger partial charge >= 0.3 is 0 Å². The predicted molar refractivity (Wildman–Crippen MR) is 308 cm³/mol. The van der Waals surface area contributed by atoms with Gasteiger partial charge in [-0.15, -0.1) is 0 Å². The van der Waals surface area contributed by atoms with Crippen LogP contribution in [0.5, 0.6) is 11.5 Å². The molecule has 400 valence electrons. The molecule has 0 aliphatic carbocycles. The highest BCUT2D eigenvalue weighted by molar-refractivity contribution is 6.34. The van der Waals surface area contributed by atoms with E-state index in [1.807, 2.05) is 72.8 Å². The Hall–Kier alpha value is -7.18. The number of ether oxygens (including phenoxy) is 2. The van der Waals surface area contributed by atoms with Crippen molar-refractivity contribution in [3.63, 3.8) is 0 Å². The first-order valence-corrected chi connectivity index (χ1v) is 27.6. The molecule has 4 aliphatic heterocycles. The van der Waals surface area contributed by atoms with Gasteiger partial charge in [-0.1, -0.05) is 23.2 Å². The summed E-state index contributed by atoms with van der Waals surface area (Å²) in [4.78, 5) is 78.4. The van der Waals surface area contributed by atoms with Crippen molar-refractivity contribution in [2.24, 2.45) is 0 Å². The zero-order valence-corrected chi connectivity index (χ0v) is 45.3. The molecule has 18 heteroatoms. The number of aromatic nitrogens is 2. The summed E-state index contributed by atoms with van der Waals surface area (Å²) in [5, 5.41) is 13.5. The molecule has 6 aromatic carbocycles. The number of nitrogens with zero attached hydrogens (tertiary/aromatic N) is 8. The highest BCUT2D eigenvalue weighted by Gasteiger charge is 2.39. The molecule has 78 heavy (non-hydrogen) atoms. The average molecular weight is 1090 g/mol. The van der Waals surface area contributed by atoms with Gasteiger partial charge in [-0.2, -0.15) is 0 Å². The number of fused-ring (bicyclic) bond motifs is 4. The molecule has 2 saturated heterocycles. The van der Waals surface area contributed by atoms with Crippen LogP contribution in [0.25, 0.3) is 54.4 Å². The highest BCUT2D eigenvalue weighted by Crippen LogP contribution is 2.39. The van der Waals surface area contributed by atoms with Gasteiger partial charge in [-0.3, -0.25) is 38.8 Å². The number of carbonyl (C=O) groups excluding carboxylic acids is 4. The molecule has 12 rings (SSSR count). The normalized spacial score (nSPS) is 16.7. The van der Waals surface area contributed by atoms with Gasteiger partial charge in [0, 0.05) is 156 Å². The zero-order valence-electron chi connectivity index (χ0n) is 43.7. The Balaban J connectivity index is 0.605. The van der Waals surface area contributed by atoms with Gasteiger partial charge in [-0.25, -0.2) is 9.97 Å². The second-order valence-electron chi connectivity index (χ2n) is 20.6. The van der Waals surface area contributed by atoms with Crippen molar-refractivity contribution in [3.05, 3.63) is 129 Å². The first-order valence-electron chi connectivity index (χ1n) is 26.9. The maximum absolute atomic E-state index is 14.1. The fourth-order valence-electron chi connectivity index (χ4n) is 11.9. The molecule has 16 nitrogen and oxygen atoms in total. The molecular formula is C60H60Cl2N10O6. The molecule has 4 aliphatic rings. The third-order valence-electron chi connectivity index (χ3n) is 16.1. The number of benzene rings is 6. The van der Waals surface area contributed by atoms with Crippen LogP contribution in [0.1, 0.15) is 54.3 Å². The number of halogens is 2. The van der Waals surface area contributed by atoms with Crippen LogP contribution in [-0.4, -0.2) is 182 Å². The van der Waals surface area contributed by atoms with Crippen molar-refractivity contribution in [2.45, 2.75) is 12.8 Å². The van der Waals surface area contributed by atoms with Gasteiger partial charge in [-0.05, 0) is 123 Å². The van der Waals surface area contributed by atoms with E-state index in [1.165, 1.54) is 9.80 Å². The Kier molecular flexibility index (Phi) is 14.5. The van der Waals surface area contributed by atoms with Gasteiger partial charge < -0.3 is 29.9 Å². The minimum atomic E-state index is -0.397. The van der Waals surface area contributed by atoms with Crippen molar-refractivity contribution < 1.29 is 28.7 Å². The fraction of sp³-hybridized carbons (Fsp3) is 0.333. The van der Waals surface area contributed by atoms with Crippen molar-refractivity contribution in [2.75, 3.05) is 130 Å². The predicted octanol–water partition coefficient (Wildman–Crippen LogP) is 9.00. The van der Waals surface area contributed by atoms with Crippen molar-refractivity contribution in [1.82, 2.24) is 39.4 Å². The number of imide groups is 2. The molecule has 0 unspecified atom stereocenters. The minimum Gasteiger partial charge on any atom is -0.497 e. The second kappa shape index (κ2) is 21.9. The van der Waals surface area contributed by atoms with E-state index < -0.39 is 23.6 Å². The Morgan fingerprint density at radius 2 is 0.782 bits per heavy atom.